The second kappa shape index (κ2) is 6.63. The van der Waals surface area contributed by atoms with E-state index >= 15 is 0 Å². The molecule has 0 fully saturated rings. The molecule has 112 valence electrons. The zero-order chi connectivity index (χ0) is 14.7. The van der Waals surface area contributed by atoms with Crippen LogP contribution in [0.1, 0.15) is 48.9 Å². The van der Waals surface area contributed by atoms with Gasteiger partial charge in [-0.3, -0.25) is 4.98 Å². The maximum Gasteiger partial charge on any atom is 0.0639 e. The van der Waals surface area contributed by atoms with Gasteiger partial charge in [-0.15, -0.1) is 0 Å². The molecule has 1 aliphatic carbocycles. The van der Waals surface area contributed by atoms with Crippen molar-refractivity contribution in [2.75, 3.05) is 6.54 Å². The Labute approximate surface area is 131 Å². The standard InChI is InChI=1S/C17H22ClN3/c1-2-20-17-6-4-3-5-13-10-21(12-15(13)17)11-14-7-8-19-9-16(14)18/h7-10,12,17,20H,2-6,11H2,1H3. The van der Waals surface area contributed by atoms with E-state index in [2.05, 4.69) is 34.2 Å². The summed E-state index contributed by atoms with van der Waals surface area (Å²) in [7, 11) is 0. The van der Waals surface area contributed by atoms with Gasteiger partial charge in [0.2, 0.25) is 0 Å². The van der Waals surface area contributed by atoms with E-state index in [-0.39, 0.29) is 0 Å². The molecule has 4 heteroatoms. The second-order valence-corrected chi connectivity index (χ2v) is 6.14. The maximum absolute atomic E-state index is 6.22. The predicted octanol–water partition coefficient (Wildman–Crippen LogP) is 3.96. The van der Waals surface area contributed by atoms with Crippen LogP contribution in [0.25, 0.3) is 0 Å². The number of aromatic nitrogens is 2. The SMILES string of the molecule is CCNC1CCCCc2cn(Cc3ccncc3Cl)cc21. The fraction of sp³-hybridized carbons (Fsp3) is 0.471. The number of nitrogens with zero attached hydrogens (tertiary/aromatic N) is 2. The molecule has 1 atom stereocenters. The largest absolute Gasteiger partial charge is 0.349 e. The minimum atomic E-state index is 0.502. The normalized spacial score (nSPS) is 18.3. The third-order valence-electron chi connectivity index (χ3n) is 4.22. The van der Waals surface area contributed by atoms with Crippen LogP contribution in [-0.2, 0) is 13.0 Å². The van der Waals surface area contributed by atoms with Crippen LogP contribution in [0.2, 0.25) is 5.02 Å². The molecular formula is C17H22ClN3. The van der Waals surface area contributed by atoms with Gasteiger partial charge in [0.05, 0.1) is 5.02 Å². The van der Waals surface area contributed by atoms with E-state index in [4.69, 9.17) is 11.6 Å². The van der Waals surface area contributed by atoms with Gasteiger partial charge in [0, 0.05) is 37.4 Å². The Morgan fingerprint density at radius 2 is 2.29 bits per heavy atom. The Morgan fingerprint density at radius 3 is 3.10 bits per heavy atom. The molecule has 0 spiro atoms. The first kappa shape index (κ1) is 14.6. The van der Waals surface area contributed by atoms with E-state index in [0.29, 0.717) is 6.04 Å². The molecule has 1 unspecified atom stereocenters. The zero-order valence-corrected chi connectivity index (χ0v) is 13.2. The van der Waals surface area contributed by atoms with Crippen LogP contribution in [0.4, 0.5) is 0 Å². The molecular weight excluding hydrogens is 282 g/mol. The predicted molar refractivity (Wildman–Crippen MR) is 86.8 cm³/mol. The summed E-state index contributed by atoms with van der Waals surface area (Å²) in [5, 5.41) is 4.36. The van der Waals surface area contributed by atoms with Gasteiger partial charge in [0.25, 0.3) is 0 Å². The summed E-state index contributed by atoms with van der Waals surface area (Å²) in [6, 6.07) is 2.50. The summed E-state index contributed by atoms with van der Waals surface area (Å²) < 4.78 is 2.27. The van der Waals surface area contributed by atoms with Crippen LogP contribution in [-0.4, -0.2) is 16.1 Å². The van der Waals surface area contributed by atoms with E-state index in [0.717, 1.165) is 23.7 Å². The molecule has 2 heterocycles. The summed E-state index contributed by atoms with van der Waals surface area (Å²) >= 11 is 6.22. The highest BCUT2D eigenvalue weighted by atomic mass is 35.5. The summed E-state index contributed by atoms with van der Waals surface area (Å²) in [5.41, 5.74) is 4.08. The zero-order valence-electron chi connectivity index (χ0n) is 12.5. The molecule has 3 nitrogen and oxygen atoms in total. The number of rotatable bonds is 4. The monoisotopic (exact) mass is 303 g/mol. The van der Waals surface area contributed by atoms with Gasteiger partial charge in [-0.1, -0.05) is 24.9 Å². The van der Waals surface area contributed by atoms with Gasteiger partial charge in [0.1, 0.15) is 0 Å². The number of hydrogen-bond donors (Lipinski definition) is 1. The molecule has 0 saturated heterocycles. The van der Waals surface area contributed by atoms with Crippen molar-refractivity contribution < 1.29 is 0 Å². The van der Waals surface area contributed by atoms with Crippen LogP contribution < -0.4 is 5.32 Å². The Kier molecular flexibility index (Phi) is 4.61. The highest BCUT2D eigenvalue weighted by Crippen LogP contribution is 2.30. The van der Waals surface area contributed by atoms with Crippen LogP contribution in [0.3, 0.4) is 0 Å². The van der Waals surface area contributed by atoms with Crippen molar-refractivity contribution in [1.29, 1.82) is 0 Å². The van der Waals surface area contributed by atoms with Gasteiger partial charge in [-0.05, 0) is 48.6 Å². The fourth-order valence-corrected chi connectivity index (χ4v) is 3.37. The molecule has 2 aromatic rings. The summed E-state index contributed by atoms with van der Waals surface area (Å²) in [4.78, 5) is 4.05. The lowest BCUT2D eigenvalue weighted by Crippen LogP contribution is -2.20. The van der Waals surface area contributed by atoms with Gasteiger partial charge >= 0.3 is 0 Å². The topological polar surface area (TPSA) is 29.9 Å². The maximum atomic E-state index is 6.22. The molecule has 21 heavy (non-hydrogen) atoms. The first-order valence-corrected chi connectivity index (χ1v) is 8.16. The van der Waals surface area contributed by atoms with Crippen LogP contribution in [0, 0.1) is 0 Å². The number of halogens is 1. The van der Waals surface area contributed by atoms with Crippen molar-refractivity contribution in [1.82, 2.24) is 14.9 Å². The Bertz CT molecular complexity index is 606. The number of hydrogen-bond acceptors (Lipinski definition) is 2. The quantitative estimate of drug-likeness (QED) is 0.866. The van der Waals surface area contributed by atoms with Gasteiger partial charge < -0.3 is 9.88 Å². The third-order valence-corrected chi connectivity index (χ3v) is 4.56. The molecule has 2 aromatic heterocycles. The summed E-state index contributed by atoms with van der Waals surface area (Å²) in [5.74, 6) is 0. The molecule has 1 aliphatic rings. The van der Waals surface area contributed by atoms with Crippen LogP contribution >= 0.6 is 11.6 Å². The third kappa shape index (κ3) is 3.30. The van der Waals surface area contributed by atoms with E-state index in [1.165, 1.54) is 36.8 Å². The van der Waals surface area contributed by atoms with E-state index in [9.17, 15) is 0 Å². The number of nitrogens with one attached hydrogen (secondary N) is 1. The molecule has 0 amide bonds. The van der Waals surface area contributed by atoms with Gasteiger partial charge in [-0.2, -0.15) is 0 Å². The van der Waals surface area contributed by atoms with E-state index in [1.54, 1.807) is 12.4 Å². The Hall–Kier alpha value is -1.32. The number of aryl methyl sites for hydroxylation is 1. The first-order chi connectivity index (χ1) is 10.3. The van der Waals surface area contributed by atoms with Crippen molar-refractivity contribution in [3.63, 3.8) is 0 Å². The van der Waals surface area contributed by atoms with Gasteiger partial charge in [-0.25, -0.2) is 0 Å². The van der Waals surface area contributed by atoms with E-state index in [1.807, 2.05) is 6.07 Å². The first-order valence-electron chi connectivity index (χ1n) is 7.78. The minimum absolute atomic E-state index is 0.502. The molecule has 0 bridgehead atoms. The van der Waals surface area contributed by atoms with Crippen molar-refractivity contribution in [3.05, 3.63) is 52.6 Å². The van der Waals surface area contributed by atoms with Crippen LogP contribution in [0.5, 0.6) is 0 Å². The van der Waals surface area contributed by atoms with Crippen LogP contribution in [0.15, 0.2) is 30.9 Å². The van der Waals surface area contributed by atoms with Crippen molar-refractivity contribution in [3.8, 4) is 0 Å². The summed E-state index contributed by atoms with van der Waals surface area (Å²) in [6.45, 7) is 4.01. The van der Waals surface area contributed by atoms with Crippen molar-refractivity contribution in [2.45, 2.75) is 45.2 Å². The molecule has 1 N–H and O–H groups in total. The second-order valence-electron chi connectivity index (χ2n) is 5.73. The minimum Gasteiger partial charge on any atom is -0.349 e. The molecule has 0 aromatic carbocycles. The summed E-state index contributed by atoms with van der Waals surface area (Å²) in [6.07, 6.45) is 13.1. The van der Waals surface area contributed by atoms with Crippen molar-refractivity contribution in [2.24, 2.45) is 0 Å². The average Bonchev–Trinajstić information content (AvgIpc) is 2.79. The highest BCUT2D eigenvalue weighted by molar-refractivity contribution is 6.31. The molecule has 0 radical (unpaired) electrons. The lowest BCUT2D eigenvalue weighted by Gasteiger charge is -2.15. The van der Waals surface area contributed by atoms with E-state index < -0.39 is 0 Å². The highest BCUT2D eigenvalue weighted by Gasteiger charge is 2.19. The lowest BCUT2D eigenvalue weighted by atomic mass is 10.0. The molecule has 0 saturated carbocycles. The fourth-order valence-electron chi connectivity index (χ4n) is 3.19. The molecule has 0 aliphatic heterocycles. The Morgan fingerprint density at radius 1 is 1.38 bits per heavy atom. The molecule has 3 rings (SSSR count). The number of fused-ring (bicyclic) bond motifs is 1. The Balaban J connectivity index is 1.85. The lowest BCUT2D eigenvalue weighted by molar-refractivity contribution is 0.502. The van der Waals surface area contributed by atoms with Gasteiger partial charge in [0.15, 0.2) is 0 Å². The average molecular weight is 304 g/mol. The smallest absolute Gasteiger partial charge is 0.0639 e. The number of pyridine rings is 1. The van der Waals surface area contributed by atoms with Crippen molar-refractivity contribution >= 4 is 11.6 Å².